The zero-order valence-corrected chi connectivity index (χ0v) is 9.43. The van der Waals surface area contributed by atoms with Crippen LogP contribution in [0.5, 0.6) is 0 Å². The highest BCUT2D eigenvalue weighted by Gasteiger charge is 2.24. The molecule has 1 aromatic rings. The lowest BCUT2D eigenvalue weighted by atomic mass is 10.2. The number of thioether (sulfide) groups is 1. The number of halogens is 1. The van der Waals surface area contributed by atoms with Crippen molar-refractivity contribution in [2.45, 2.75) is 28.6 Å². The molecule has 0 spiro atoms. The lowest BCUT2D eigenvalue weighted by Gasteiger charge is -2.26. The molecule has 1 nitrogen and oxygen atoms in total. The summed E-state index contributed by atoms with van der Waals surface area (Å²) in [5.74, 6) is 0. The molecule has 2 rings (SSSR count). The number of ether oxygens (including phenoxy) is 1. The normalized spacial score (nSPS) is 27.5. The van der Waals surface area contributed by atoms with Crippen molar-refractivity contribution >= 4 is 23.4 Å². The maximum atomic E-state index is 6.09. The molecule has 1 fully saturated rings. The van der Waals surface area contributed by atoms with E-state index in [9.17, 15) is 0 Å². The fraction of sp³-hybridized carbons (Fsp3) is 0.455. The molecule has 1 saturated heterocycles. The minimum absolute atomic E-state index is 0.131. The van der Waals surface area contributed by atoms with Crippen LogP contribution in [0.4, 0.5) is 0 Å². The quantitative estimate of drug-likeness (QED) is 0.717. The van der Waals surface area contributed by atoms with Crippen molar-refractivity contribution in [3.63, 3.8) is 0 Å². The molecule has 0 amide bonds. The Balaban J connectivity index is 1.96. The summed E-state index contributed by atoms with van der Waals surface area (Å²) in [5, 5.41) is 0.396. The van der Waals surface area contributed by atoms with Crippen LogP contribution in [0.2, 0.25) is 0 Å². The Morgan fingerprint density at radius 3 is 2.79 bits per heavy atom. The summed E-state index contributed by atoms with van der Waals surface area (Å²) in [6, 6.07) is 10.4. The van der Waals surface area contributed by atoms with Crippen molar-refractivity contribution in [2.75, 3.05) is 6.61 Å². The van der Waals surface area contributed by atoms with E-state index in [4.69, 9.17) is 16.3 Å². The van der Waals surface area contributed by atoms with Gasteiger partial charge in [0.15, 0.2) is 0 Å². The first-order chi connectivity index (χ1) is 6.86. The van der Waals surface area contributed by atoms with Crippen LogP contribution >= 0.6 is 23.4 Å². The van der Waals surface area contributed by atoms with E-state index < -0.39 is 0 Å². The van der Waals surface area contributed by atoms with Gasteiger partial charge in [-0.05, 0) is 25.0 Å². The second kappa shape index (κ2) is 5.06. The van der Waals surface area contributed by atoms with Crippen LogP contribution in [-0.4, -0.2) is 17.4 Å². The van der Waals surface area contributed by atoms with Gasteiger partial charge < -0.3 is 4.74 Å². The zero-order valence-electron chi connectivity index (χ0n) is 7.86. The summed E-state index contributed by atoms with van der Waals surface area (Å²) in [6.07, 6.45) is 2.27. The monoisotopic (exact) mass is 228 g/mol. The SMILES string of the molecule is ClC1OCCCC1Sc1ccccc1. The van der Waals surface area contributed by atoms with Crippen molar-refractivity contribution in [1.82, 2.24) is 0 Å². The molecule has 2 unspecified atom stereocenters. The van der Waals surface area contributed by atoms with Gasteiger partial charge in [0.2, 0.25) is 0 Å². The van der Waals surface area contributed by atoms with Gasteiger partial charge in [-0.15, -0.1) is 11.8 Å². The van der Waals surface area contributed by atoms with Gasteiger partial charge in [-0.25, -0.2) is 0 Å². The molecule has 1 aromatic carbocycles. The molecule has 1 heterocycles. The van der Waals surface area contributed by atoms with Crippen LogP contribution in [0.25, 0.3) is 0 Å². The Bertz CT molecular complexity index is 278. The molecule has 2 atom stereocenters. The maximum Gasteiger partial charge on any atom is 0.143 e. The van der Waals surface area contributed by atoms with Crippen LogP contribution in [0.15, 0.2) is 35.2 Å². The molecular weight excluding hydrogens is 216 g/mol. The van der Waals surface area contributed by atoms with Crippen LogP contribution in [-0.2, 0) is 4.74 Å². The second-order valence-corrected chi connectivity index (χ2v) is 5.08. The van der Waals surface area contributed by atoms with E-state index in [-0.39, 0.29) is 5.56 Å². The molecule has 0 aliphatic carbocycles. The van der Waals surface area contributed by atoms with Gasteiger partial charge in [-0.1, -0.05) is 29.8 Å². The second-order valence-electron chi connectivity index (χ2n) is 3.33. The Labute approximate surface area is 93.8 Å². The van der Waals surface area contributed by atoms with Crippen molar-refractivity contribution in [3.8, 4) is 0 Å². The van der Waals surface area contributed by atoms with Crippen molar-refractivity contribution < 1.29 is 4.74 Å². The Morgan fingerprint density at radius 1 is 1.29 bits per heavy atom. The first kappa shape index (κ1) is 10.3. The first-order valence-corrected chi connectivity index (χ1v) is 6.15. The van der Waals surface area contributed by atoms with Gasteiger partial charge in [-0.2, -0.15) is 0 Å². The predicted octanol–water partition coefficient (Wildman–Crippen LogP) is 3.52. The number of hydrogen-bond donors (Lipinski definition) is 0. The average molecular weight is 229 g/mol. The third-order valence-electron chi connectivity index (χ3n) is 2.23. The molecule has 1 aliphatic rings. The van der Waals surface area contributed by atoms with Gasteiger partial charge in [0.25, 0.3) is 0 Å². The fourth-order valence-electron chi connectivity index (χ4n) is 1.51. The largest absolute Gasteiger partial charge is 0.361 e. The number of rotatable bonds is 2. The third kappa shape index (κ3) is 2.66. The molecule has 1 aliphatic heterocycles. The number of alkyl halides is 1. The number of hydrogen-bond acceptors (Lipinski definition) is 2. The fourth-order valence-corrected chi connectivity index (χ4v) is 3.01. The summed E-state index contributed by atoms with van der Waals surface area (Å²) >= 11 is 7.91. The highest BCUT2D eigenvalue weighted by molar-refractivity contribution is 8.00. The molecule has 3 heteroatoms. The average Bonchev–Trinajstić information content (AvgIpc) is 2.23. The van der Waals surface area contributed by atoms with Gasteiger partial charge >= 0.3 is 0 Å². The van der Waals surface area contributed by atoms with Crippen molar-refractivity contribution in [3.05, 3.63) is 30.3 Å². The van der Waals surface area contributed by atoms with Gasteiger partial charge in [0.1, 0.15) is 5.56 Å². The smallest absolute Gasteiger partial charge is 0.143 e. The minimum atomic E-state index is -0.131. The topological polar surface area (TPSA) is 9.23 Å². The lowest BCUT2D eigenvalue weighted by Crippen LogP contribution is -2.26. The summed E-state index contributed by atoms with van der Waals surface area (Å²) < 4.78 is 5.41. The van der Waals surface area contributed by atoms with Crippen LogP contribution in [0.3, 0.4) is 0 Å². The Morgan fingerprint density at radius 2 is 2.07 bits per heavy atom. The molecule has 76 valence electrons. The van der Waals surface area contributed by atoms with E-state index in [0.29, 0.717) is 5.25 Å². The van der Waals surface area contributed by atoms with E-state index in [0.717, 1.165) is 19.4 Å². The predicted molar refractivity (Wildman–Crippen MR) is 60.9 cm³/mol. The van der Waals surface area contributed by atoms with Crippen molar-refractivity contribution in [2.24, 2.45) is 0 Å². The molecular formula is C11H13ClOS. The van der Waals surface area contributed by atoms with Gasteiger partial charge in [0, 0.05) is 16.8 Å². The summed E-state index contributed by atoms with van der Waals surface area (Å²) in [7, 11) is 0. The lowest BCUT2D eigenvalue weighted by molar-refractivity contribution is 0.0728. The van der Waals surface area contributed by atoms with E-state index in [1.807, 2.05) is 17.8 Å². The third-order valence-corrected chi connectivity index (χ3v) is 4.14. The summed E-state index contributed by atoms with van der Waals surface area (Å²) in [5.41, 5.74) is -0.131. The molecule has 14 heavy (non-hydrogen) atoms. The van der Waals surface area contributed by atoms with Crippen LogP contribution < -0.4 is 0 Å². The molecule has 0 bridgehead atoms. The Kier molecular flexibility index (Phi) is 3.74. The van der Waals surface area contributed by atoms with E-state index >= 15 is 0 Å². The molecule has 0 radical (unpaired) electrons. The molecule has 0 N–H and O–H groups in total. The van der Waals surface area contributed by atoms with Gasteiger partial charge in [-0.3, -0.25) is 0 Å². The molecule has 0 saturated carbocycles. The first-order valence-electron chi connectivity index (χ1n) is 4.83. The van der Waals surface area contributed by atoms with E-state index in [2.05, 4.69) is 24.3 Å². The maximum absolute atomic E-state index is 6.09. The minimum Gasteiger partial charge on any atom is -0.361 e. The summed E-state index contributed by atoms with van der Waals surface area (Å²) in [4.78, 5) is 1.27. The van der Waals surface area contributed by atoms with Crippen molar-refractivity contribution in [1.29, 1.82) is 0 Å². The standard InChI is InChI=1S/C11H13ClOS/c12-11-10(7-4-8-13-11)14-9-5-2-1-3-6-9/h1-3,5-6,10-11H,4,7-8H2. The molecule has 0 aromatic heterocycles. The number of benzene rings is 1. The van der Waals surface area contributed by atoms with E-state index in [1.165, 1.54) is 4.90 Å². The highest BCUT2D eigenvalue weighted by atomic mass is 35.5. The summed E-state index contributed by atoms with van der Waals surface area (Å²) in [6.45, 7) is 0.806. The van der Waals surface area contributed by atoms with Gasteiger partial charge in [0.05, 0.1) is 0 Å². The van der Waals surface area contributed by atoms with E-state index in [1.54, 1.807) is 0 Å². The van der Waals surface area contributed by atoms with Crippen LogP contribution in [0, 0.1) is 0 Å². The Hall–Kier alpha value is -0.180. The highest BCUT2D eigenvalue weighted by Crippen LogP contribution is 2.33. The zero-order chi connectivity index (χ0) is 9.80. The van der Waals surface area contributed by atoms with Crippen LogP contribution in [0.1, 0.15) is 12.8 Å².